The van der Waals surface area contributed by atoms with Crippen LogP contribution < -0.4 is 9.80 Å². The number of hydrogen-bond donors (Lipinski definition) is 0. The minimum atomic E-state index is -0.185. The lowest BCUT2D eigenvalue weighted by Gasteiger charge is -2.42. The molecule has 1 aliphatic heterocycles. The van der Waals surface area contributed by atoms with E-state index in [2.05, 4.69) is 319 Å². The van der Waals surface area contributed by atoms with E-state index >= 15 is 0 Å². The minimum absolute atomic E-state index is 0.185. The predicted molar refractivity (Wildman–Crippen MR) is 380 cm³/mol. The molecule has 0 spiro atoms. The van der Waals surface area contributed by atoms with Crippen LogP contribution in [0.1, 0.15) is 5.56 Å². The summed E-state index contributed by atoms with van der Waals surface area (Å²) >= 11 is 0. The molecule has 3 aromatic heterocycles. The van der Waals surface area contributed by atoms with Crippen molar-refractivity contribution in [3.63, 3.8) is 0 Å². The van der Waals surface area contributed by atoms with Crippen molar-refractivity contribution in [2.24, 2.45) is 0 Å². The fourth-order valence-corrected chi connectivity index (χ4v) is 14.4. The van der Waals surface area contributed by atoms with Gasteiger partial charge in [0.2, 0.25) is 0 Å². The van der Waals surface area contributed by atoms with Crippen LogP contribution in [-0.2, 0) is 0 Å². The minimum Gasteiger partial charge on any atom is -0.455 e. The van der Waals surface area contributed by atoms with Gasteiger partial charge in [-0.2, -0.15) is 0 Å². The number of hydrogen-bond acceptors (Lipinski definition) is 5. The predicted octanol–water partition coefficient (Wildman–Crippen LogP) is 23.7. The van der Waals surface area contributed by atoms with Gasteiger partial charge in [0.25, 0.3) is 0 Å². The van der Waals surface area contributed by atoms with Crippen molar-refractivity contribution >= 4 is 99.9 Å². The Kier molecular flexibility index (Phi) is 12.2. The molecule has 13 aromatic carbocycles. The zero-order valence-corrected chi connectivity index (χ0v) is 49.4. The summed E-state index contributed by atoms with van der Waals surface area (Å²) in [6.07, 6.45) is 13.2. The molecule has 4 heterocycles. The molecule has 2 aliphatic rings. The van der Waals surface area contributed by atoms with Crippen molar-refractivity contribution < 1.29 is 8.83 Å². The number of rotatable bonds is 10. The number of benzene rings is 13. The van der Waals surface area contributed by atoms with Crippen molar-refractivity contribution in [2.75, 3.05) is 9.80 Å². The van der Waals surface area contributed by atoms with Gasteiger partial charge < -0.3 is 18.6 Å². The van der Waals surface area contributed by atoms with Gasteiger partial charge in [-0.25, -0.2) is 0 Å². The maximum absolute atomic E-state index is 7.71. The Morgan fingerprint density at radius 3 is 1.76 bits per heavy atom. The Hall–Kier alpha value is -12.1. The molecule has 5 nitrogen and oxygen atoms in total. The highest BCUT2D eigenvalue weighted by molar-refractivity contribution is 6.39. The van der Waals surface area contributed by atoms with Gasteiger partial charge >= 0.3 is 0 Å². The van der Waals surface area contributed by atoms with Crippen LogP contribution >= 0.6 is 0 Å². The van der Waals surface area contributed by atoms with E-state index in [9.17, 15) is 0 Å². The highest BCUT2D eigenvalue weighted by Crippen LogP contribution is 2.59. The summed E-state index contributed by atoms with van der Waals surface area (Å²) in [5.41, 5.74) is 23.6. The van der Waals surface area contributed by atoms with E-state index in [1.807, 2.05) is 18.3 Å². The monoisotopic (exact) mass is 1160 g/mol. The van der Waals surface area contributed by atoms with Crippen LogP contribution in [0.15, 0.2) is 336 Å². The van der Waals surface area contributed by atoms with Gasteiger partial charge in [0.15, 0.2) is 0 Å². The molecule has 0 amide bonds. The quantitative estimate of drug-likeness (QED) is 0.128. The summed E-state index contributed by atoms with van der Waals surface area (Å²) in [5.74, 6) is 0. The van der Waals surface area contributed by atoms with E-state index in [0.29, 0.717) is 0 Å². The van der Waals surface area contributed by atoms with Crippen molar-refractivity contribution in [1.29, 1.82) is 0 Å². The molecule has 0 radical (unpaired) electrons. The number of nitrogens with zero attached hydrogens (tertiary/aromatic N) is 3. The van der Waals surface area contributed by atoms with Crippen LogP contribution in [0.2, 0.25) is 0 Å². The van der Waals surface area contributed by atoms with Crippen molar-refractivity contribution in [2.45, 2.75) is 6.04 Å². The van der Waals surface area contributed by atoms with Gasteiger partial charge in [-0.3, -0.25) is 4.98 Å². The Bertz CT molecular complexity index is 5630. The van der Waals surface area contributed by atoms with E-state index in [0.717, 1.165) is 166 Å². The molecule has 426 valence electrons. The van der Waals surface area contributed by atoms with E-state index in [1.165, 1.54) is 5.57 Å². The highest BCUT2D eigenvalue weighted by Gasteiger charge is 2.37. The normalized spacial score (nSPS) is 13.6. The van der Waals surface area contributed by atoms with E-state index in [-0.39, 0.29) is 6.04 Å². The first-order valence-corrected chi connectivity index (χ1v) is 31.1. The molecule has 5 heteroatoms. The van der Waals surface area contributed by atoms with Crippen molar-refractivity contribution in [3.8, 4) is 66.9 Å². The Balaban J connectivity index is 1.06. The molecule has 18 rings (SSSR count). The van der Waals surface area contributed by atoms with E-state index < -0.39 is 0 Å². The summed E-state index contributed by atoms with van der Waals surface area (Å²) in [5, 5.41) is 8.13. The lowest BCUT2D eigenvalue weighted by Crippen LogP contribution is -2.35. The molecule has 1 atom stereocenters. The zero-order chi connectivity index (χ0) is 59.9. The third kappa shape index (κ3) is 8.58. The second kappa shape index (κ2) is 21.4. The van der Waals surface area contributed by atoms with Gasteiger partial charge in [0.1, 0.15) is 22.3 Å². The number of fused-ring (bicyclic) bond motifs is 13. The standard InChI is InChI=1S/C86H55N3O2/c1-5-23-55(24-6-1)57-42-45-65(46-43-57)88(64-33-11-4-12-34-64)84-73-54-72(60-32-21-31-59(51-60)56-25-7-2-8-26-56)86-81(69-47-44-61(53-78(69)91-86)74-38-19-20-50-87-74)80(73)82-70(83(84)89-75-39-17-13-29-62(75)52-63-30-14-18-40-76(63)89)48-49-71-79-68(37-22-41-77(79)90-85(71)82)67-36-16-15-35-66(67)58-27-9-3-10-28-58/h1-54,75H. The Morgan fingerprint density at radius 1 is 0.363 bits per heavy atom. The van der Waals surface area contributed by atoms with Crippen LogP contribution in [0.5, 0.6) is 0 Å². The summed E-state index contributed by atoms with van der Waals surface area (Å²) < 4.78 is 15.3. The Labute approximate surface area is 526 Å². The van der Waals surface area contributed by atoms with Crippen molar-refractivity contribution in [1.82, 2.24) is 4.98 Å². The number of allylic oxidation sites excluding steroid dienone is 2. The fraction of sp³-hybridized carbons (Fsp3) is 0.0116. The van der Waals surface area contributed by atoms with Crippen LogP contribution in [-0.4, -0.2) is 11.0 Å². The summed E-state index contributed by atoms with van der Waals surface area (Å²) in [4.78, 5) is 9.96. The van der Waals surface area contributed by atoms with Gasteiger partial charge in [0.05, 0.1) is 23.1 Å². The number of furan rings is 2. The molecular formula is C86H55N3O2. The van der Waals surface area contributed by atoms with Crippen LogP contribution in [0, 0.1) is 0 Å². The van der Waals surface area contributed by atoms with Crippen LogP contribution in [0.3, 0.4) is 0 Å². The lowest BCUT2D eigenvalue weighted by atomic mass is 9.86. The highest BCUT2D eigenvalue weighted by atomic mass is 16.3. The number of anilines is 5. The summed E-state index contributed by atoms with van der Waals surface area (Å²) in [7, 11) is 0. The summed E-state index contributed by atoms with van der Waals surface area (Å²) in [6.45, 7) is 0. The van der Waals surface area contributed by atoms with Gasteiger partial charge in [-0.1, -0.05) is 237 Å². The van der Waals surface area contributed by atoms with E-state index in [4.69, 9.17) is 13.8 Å². The SMILES string of the molecule is C1=CC2=Cc3ccccc3N(c3c(N(c4ccccc4)c4ccc(-c5ccccc5)cc4)c4cc(-c5cccc(-c6ccccc6)c5)c5oc6cc(-c7ccccn7)ccc6c5c4c4c3ccc3c4oc4cccc(-c5ccccc5-c5ccccc5)c43)C2C=C1. The second-order valence-electron chi connectivity index (χ2n) is 23.6. The smallest absolute Gasteiger partial charge is 0.143 e. The van der Waals surface area contributed by atoms with E-state index in [1.54, 1.807) is 0 Å². The number of para-hydroxylation sites is 2. The van der Waals surface area contributed by atoms with Crippen molar-refractivity contribution in [3.05, 3.63) is 333 Å². The maximum atomic E-state index is 7.71. The lowest BCUT2D eigenvalue weighted by molar-refractivity contribution is 0.670. The molecular weight excluding hydrogens is 1110 g/mol. The number of pyridine rings is 1. The molecule has 0 saturated heterocycles. The van der Waals surface area contributed by atoms with Crippen LogP contribution in [0.4, 0.5) is 28.4 Å². The van der Waals surface area contributed by atoms with Gasteiger partial charge in [-0.05, 0) is 146 Å². The molecule has 1 unspecified atom stereocenters. The molecule has 91 heavy (non-hydrogen) atoms. The van der Waals surface area contributed by atoms with Gasteiger partial charge in [0, 0.05) is 77.5 Å². The first-order valence-electron chi connectivity index (χ1n) is 31.1. The molecule has 0 saturated carbocycles. The fourth-order valence-electron chi connectivity index (χ4n) is 14.4. The second-order valence-corrected chi connectivity index (χ2v) is 23.6. The first kappa shape index (κ1) is 52.1. The zero-order valence-electron chi connectivity index (χ0n) is 49.4. The Morgan fingerprint density at radius 2 is 0.967 bits per heavy atom. The van der Waals surface area contributed by atoms with Gasteiger partial charge in [-0.15, -0.1) is 0 Å². The molecule has 0 fully saturated rings. The van der Waals surface area contributed by atoms with Crippen LogP contribution in [0.25, 0.3) is 138 Å². The molecule has 0 bridgehead atoms. The molecule has 16 aromatic rings. The maximum Gasteiger partial charge on any atom is 0.143 e. The summed E-state index contributed by atoms with van der Waals surface area (Å²) in [6, 6.07) is 105. The molecule has 1 aliphatic carbocycles. The average Bonchev–Trinajstić information content (AvgIpc) is 1.70. The number of aromatic nitrogens is 1. The average molecular weight is 1160 g/mol. The largest absolute Gasteiger partial charge is 0.455 e. The third-order valence-corrected chi connectivity index (χ3v) is 18.5. The topological polar surface area (TPSA) is 45.7 Å². The third-order valence-electron chi connectivity index (χ3n) is 18.5. The first-order chi connectivity index (χ1) is 45.2. The molecule has 0 N–H and O–H groups in total.